The van der Waals surface area contributed by atoms with Gasteiger partial charge in [0.1, 0.15) is 12.1 Å². The van der Waals surface area contributed by atoms with E-state index < -0.39 is 29.4 Å². The Balaban J connectivity index is 2.05. The Hall–Kier alpha value is -3.04. The highest BCUT2D eigenvalue weighted by atomic mass is 16.6. The molecule has 1 aromatic rings. The number of nitrogens with one attached hydrogen (secondary N) is 1. The molecule has 1 aliphatic rings. The van der Waals surface area contributed by atoms with Gasteiger partial charge in [-0.15, -0.1) is 0 Å². The molecule has 1 aliphatic carbocycles. The fraction of sp³-hybridized carbons (Fsp3) is 0.619. The summed E-state index contributed by atoms with van der Waals surface area (Å²) in [4.78, 5) is 35.5. The minimum Gasteiger partial charge on any atom is -0.492 e. The average Bonchev–Trinajstić information content (AvgIpc) is 3.23. The van der Waals surface area contributed by atoms with Crippen molar-refractivity contribution in [1.82, 2.24) is 5.32 Å². The van der Waals surface area contributed by atoms with Crippen molar-refractivity contribution in [3.63, 3.8) is 0 Å². The quantitative estimate of drug-likeness (QED) is 0.317. The Labute approximate surface area is 181 Å². The fourth-order valence-corrected chi connectivity index (χ4v) is 3.43. The van der Waals surface area contributed by atoms with E-state index in [9.17, 15) is 19.7 Å². The van der Waals surface area contributed by atoms with E-state index in [-0.39, 0.29) is 35.0 Å². The first-order valence-electron chi connectivity index (χ1n) is 10.3. The van der Waals surface area contributed by atoms with Crippen LogP contribution >= 0.6 is 0 Å². The third-order valence-electron chi connectivity index (χ3n) is 4.92. The number of nitro benzene ring substituents is 1. The molecule has 0 aromatic heterocycles. The molecule has 2 rings (SSSR count). The van der Waals surface area contributed by atoms with Crippen molar-refractivity contribution >= 4 is 17.6 Å². The normalized spacial score (nSPS) is 14.7. The number of amides is 1. The molecule has 31 heavy (non-hydrogen) atoms. The molecule has 0 bridgehead atoms. The molecule has 10 nitrogen and oxygen atoms in total. The fourth-order valence-electron chi connectivity index (χ4n) is 3.43. The molecular weight excluding hydrogens is 408 g/mol. The van der Waals surface area contributed by atoms with Crippen LogP contribution in [0.4, 0.5) is 5.69 Å². The van der Waals surface area contributed by atoms with Gasteiger partial charge in [0.15, 0.2) is 18.1 Å². The minimum atomic E-state index is -0.780. The first-order valence-corrected chi connectivity index (χ1v) is 10.3. The predicted octanol–water partition coefficient (Wildman–Crippen LogP) is 3.01. The van der Waals surface area contributed by atoms with E-state index in [1.165, 1.54) is 26.4 Å². The monoisotopic (exact) mass is 438 g/mol. The first kappa shape index (κ1) is 24.2. The molecule has 1 amide bonds. The number of methoxy groups -OCH3 is 2. The van der Waals surface area contributed by atoms with E-state index in [0.29, 0.717) is 6.42 Å². The lowest BCUT2D eigenvalue weighted by Gasteiger charge is -2.22. The van der Waals surface area contributed by atoms with Crippen LogP contribution in [0.5, 0.6) is 17.2 Å². The van der Waals surface area contributed by atoms with Crippen molar-refractivity contribution < 1.29 is 33.5 Å². The topological polar surface area (TPSA) is 126 Å². The molecular formula is C21H30N2O8. The van der Waals surface area contributed by atoms with Crippen LogP contribution in [0.2, 0.25) is 0 Å². The molecule has 0 unspecified atom stereocenters. The summed E-state index contributed by atoms with van der Waals surface area (Å²) >= 11 is 0. The molecule has 1 saturated carbocycles. The standard InChI is InChI=1S/C21H30N2O8/c1-13(2)9-16(21(25)31-15-7-5-6-8-15)22-19(24)12-30-20-17(28-3)10-14(23(26)27)11-18(20)29-4/h10-11,13,15-16H,5-9,12H2,1-4H3,(H,22,24)/t16-/m1/s1. The number of carbonyl (C=O) groups excluding carboxylic acids is 2. The number of non-ortho nitro benzene ring substituents is 1. The number of nitrogens with zero attached hydrogens (tertiary/aromatic N) is 1. The van der Waals surface area contributed by atoms with Gasteiger partial charge in [-0.3, -0.25) is 14.9 Å². The molecule has 1 fully saturated rings. The van der Waals surface area contributed by atoms with Crippen molar-refractivity contribution in [1.29, 1.82) is 0 Å². The number of hydrogen-bond donors (Lipinski definition) is 1. The van der Waals surface area contributed by atoms with E-state index in [2.05, 4.69) is 5.32 Å². The lowest BCUT2D eigenvalue weighted by molar-refractivity contribution is -0.385. The van der Waals surface area contributed by atoms with Crippen molar-refractivity contribution in [2.45, 2.75) is 58.1 Å². The summed E-state index contributed by atoms with van der Waals surface area (Å²) < 4.78 is 21.4. The minimum absolute atomic E-state index is 0.0539. The average molecular weight is 438 g/mol. The van der Waals surface area contributed by atoms with Gasteiger partial charge in [-0.25, -0.2) is 4.79 Å². The van der Waals surface area contributed by atoms with E-state index >= 15 is 0 Å². The van der Waals surface area contributed by atoms with Gasteiger partial charge in [-0.2, -0.15) is 0 Å². The molecule has 0 saturated heterocycles. The SMILES string of the molecule is COc1cc([N+](=O)[O-])cc(OC)c1OCC(=O)N[C@H](CC(C)C)C(=O)OC1CCCC1. The summed E-state index contributed by atoms with van der Waals surface area (Å²) in [5, 5.41) is 13.7. The van der Waals surface area contributed by atoms with Gasteiger partial charge in [-0.05, 0) is 38.0 Å². The Morgan fingerprint density at radius 3 is 2.23 bits per heavy atom. The van der Waals surface area contributed by atoms with Crippen LogP contribution in [0.3, 0.4) is 0 Å². The van der Waals surface area contributed by atoms with Crippen LogP contribution in [0.1, 0.15) is 46.0 Å². The predicted molar refractivity (Wildman–Crippen MR) is 111 cm³/mol. The van der Waals surface area contributed by atoms with Crippen molar-refractivity contribution in [3.05, 3.63) is 22.2 Å². The number of esters is 1. The first-order chi connectivity index (χ1) is 14.7. The number of benzene rings is 1. The Bertz CT molecular complexity index is 765. The van der Waals surface area contributed by atoms with E-state index in [1.807, 2.05) is 13.8 Å². The van der Waals surface area contributed by atoms with Crippen LogP contribution in [-0.4, -0.2) is 49.8 Å². The molecule has 0 radical (unpaired) electrons. The molecule has 0 heterocycles. The maximum absolute atomic E-state index is 12.6. The summed E-state index contributed by atoms with van der Waals surface area (Å²) in [7, 11) is 2.65. The van der Waals surface area contributed by atoms with Gasteiger partial charge in [0.05, 0.1) is 31.3 Å². The third kappa shape index (κ3) is 7.01. The highest BCUT2D eigenvalue weighted by Gasteiger charge is 2.28. The van der Waals surface area contributed by atoms with Gasteiger partial charge in [0.25, 0.3) is 11.6 Å². The van der Waals surface area contributed by atoms with E-state index in [1.54, 1.807) is 0 Å². The van der Waals surface area contributed by atoms with Gasteiger partial charge < -0.3 is 24.3 Å². The lowest BCUT2D eigenvalue weighted by atomic mass is 10.0. The summed E-state index contributed by atoms with van der Waals surface area (Å²) in [6.07, 6.45) is 4.09. The van der Waals surface area contributed by atoms with E-state index in [4.69, 9.17) is 18.9 Å². The van der Waals surface area contributed by atoms with Gasteiger partial charge in [-0.1, -0.05) is 13.8 Å². The van der Waals surface area contributed by atoms with Gasteiger partial charge in [0, 0.05) is 0 Å². The Morgan fingerprint density at radius 2 is 1.74 bits per heavy atom. The summed E-state index contributed by atoms with van der Waals surface area (Å²) in [5.74, 6) is -0.649. The van der Waals surface area contributed by atoms with Crippen molar-refractivity contribution in [3.8, 4) is 17.2 Å². The smallest absolute Gasteiger partial charge is 0.328 e. The maximum atomic E-state index is 12.6. The zero-order valence-electron chi connectivity index (χ0n) is 18.3. The molecule has 10 heteroatoms. The van der Waals surface area contributed by atoms with Crippen LogP contribution in [0.25, 0.3) is 0 Å². The number of carbonyl (C=O) groups is 2. The zero-order valence-corrected chi connectivity index (χ0v) is 18.3. The molecule has 1 atom stereocenters. The number of ether oxygens (including phenoxy) is 4. The van der Waals surface area contributed by atoms with Gasteiger partial charge >= 0.3 is 5.97 Å². The second-order valence-corrected chi connectivity index (χ2v) is 7.82. The van der Waals surface area contributed by atoms with Crippen LogP contribution in [-0.2, 0) is 14.3 Å². The number of rotatable bonds is 11. The highest BCUT2D eigenvalue weighted by Crippen LogP contribution is 2.40. The largest absolute Gasteiger partial charge is 0.492 e. The Morgan fingerprint density at radius 1 is 1.16 bits per heavy atom. The van der Waals surface area contributed by atoms with Crippen LogP contribution in [0.15, 0.2) is 12.1 Å². The maximum Gasteiger partial charge on any atom is 0.328 e. The molecule has 0 aliphatic heterocycles. The van der Waals surface area contributed by atoms with E-state index in [0.717, 1.165) is 25.7 Å². The second kappa shape index (κ2) is 11.4. The number of nitro groups is 1. The van der Waals surface area contributed by atoms with Crippen LogP contribution in [0, 0.1) is 16.0 Å². The summed E-state index contributed by atoms with van der Waals surface area (Å²) in [5.41, 5.74) is -0.239. The lowest BCUT2D eigenvalue weighted by Crippen LogP contribution is -2.45. The highest BCUT2D eigenvalue weighted by molar-refractivity contribution is 5.85. The molecule has 1 N–H and O–H groups in total. The van der Waals surface area contributed by atoms with Crippen molar-refractivity contribution in [2.75, 3.05) is 20.8 Å². The summed E-state index contributed by atoms with van der Waals surface area (Å²) in [6.45, 7) is 3.46. The zero-order chi connectivity index (χ0) is 23.0. The Kier molecular flexibility index (Phi) is 8.89. The molecule has 1 aromatic carbocycles. The third-order valence-corrected chi connectivity index (χ3v) is 4.92. The second-order valence-electron chi connectivity index (χ2n) is 7.82. The number of hydrogen-bond acceptors (Lipinski definition) is 8. The summed E-state index contributed by atoms with van der Waals surface area (Å²) in [6, 6.07) is 1.57. The van der Waals surface area contributed by atoms with Gasteiger partial charge in [0.2, 0.25) is 5.75 Å². The molecule has 172 valence electrons. The van der Waals surface area contributed by atoms with Crippen LogP contribution < -0.4 is 19.5 Å². The van der Waals surface area contributed by atoms with Crippen molar-refractivity contribution in [2.24, 2.45) is 5.92 Å². The molecule has 0 spiro atoms.